The van der Waals surface area contributed by atoms with Gasteiger partial charge in [0.25, 0.3) is 0 Å². The molecule has 21 heavy (non-hydrogen) atoms. The highest BCUT2D eigenvalue weighted by atomic mass is 16.1. The molecule has 0 aromatic heterocycles. The molecule has 0 saturated heterocycles. The third kappa shape index (κ3) is 4.29. The molecule has 3 rings (SSSR count). The van der Waals surface area contributed by atoms with Gasteiger partial charge < -0.3 is 0 Å². The first kappa shape index (κ1) is 15.5. The zero-order valence-electron chi connectivity index (χ0n) is 13.4. The van der Waals surface area contributed by atoms with Crippen LogP contribution < -0.4 is 0 Å². The van der Waals surface area contributed by atoms with Crippen molar-refractivity contribution in [3.8, 4) is 0 Å². The van der Waals surface area contributed by atoms with Gasteiger partial charge in [0, 0.05) is 6.42 Å². The first-order valence-corrected chi connectivity index (χ1v) is 7.52. The molecule has 0 radical (unpaired) electrons. The molecule has 1 aliphatic rings. The summed E-state index contributed by atoms with van der Waals surface area (Å²) in [5.74, 6) is 0.286. The average Bonchev–Trinajstić information content (AvgIpc) is 2.37. The summed E-state index contributed by atoms with van der Waals surface area (Å²) in [6.07, 6.45) is 3.55. The van der Waals surface area contributed by atoms with Gasteiger partial charge in [-0.15, -0.1) is 0 Å². The second-order valence-corrected chi connectivity index (χ2v) is 6.77. The van der Waals surface area contributed by atoms with Gasteiger partial charge in [0.1, 0.15) is 0 Å². The number of rotatable bonds is 0. The second kappa shape index (κ2) is 6.26. The minimum atomic E-state index is 0.204. The molecule has 0 spiro atoms. The summed E-state index contributed by atoms with van der Waals surface area (Å²) in [6, 6.07) is 14.8. The summed E-state index contributed by atoms with van der Waals surface area (Å²) in [6.45, 7) is 8.45. The average molecular weight is 280 g/mol. The van der Waals surface area contributed by atoms with Gasteiger partial charge >= 0.3 is 0 Å². The third-order valence-electron chi connectivity index (χ3n) is 3.83. The Bertz CT molecular complexity index is 672. The predicted molar refractivity (Wildman–Crippen MR) is 90.5 cm³/mol. The summed E-state index contributed by atoms with van der Waals surface area (Å²) in [5, 5.41) is 2.68. The number of benzene rings is 2. The molecule has 0 atom stereocenters. The lowest BCUT2D eigenvalue weighted by atomic mass is 9.77. The van der Waals surface area contributed by atoms with Gasteiger partial charge in [-0.1, -0.05) is 61.9 Å². The summed E-state index contributed by atoms with van der Waals surface area (Å²) in [4.78, 5) is 11.0. The topological polar surface area (TPSA) is 17.1 Å². The van der Waals surface area contributed by atoms with Gasteiger partial charge in [-0.25, -0.2) is 0 Å². The number of hydrogen-bond donors (Lipinski definition) is 0. The molecule has 1 heteroatoms. The fraction of sp³-hybridized carbons (Fsp3) is 0.350. The Morgan fingerprint density at radius 2 is 1.57 bits per heavy atom. The van der Waals surface area contributed by atoms with E-state index >= 15 is 0 Å². The van der Waals surface area contributed by atoms with Crippen molar-refractivity contribution in [1.82, 2.24) is 0 Å². The van der Waals surface area contributed by atoms with Crippen molar-refractivity contribution >= 4 is 16.6 Å². The summed E-state index contributed by atoms with van der Waals surface area (Å²) in [7, 11) is 0. The van der Waals surface area contributed by atoms with Crippen LogP contribution in [0, 0.1) is 12.3 Å². The molecule has 0 aliphatic heterocycles. The molecule has 0 amide bonds. The van der Waals surface area contributed by atoms with Gasteiger partial charge in [-0.05, 0) is 48.1 Å². The Hall–Kier alpha value is -1.89. The highest BCUT2D eigenvalue weighted by Gasteiger charge is 2.25. The van der Waals surface area contributed by atoms with Crippen LogP contribution in [-0.2, 0) is 4.79 Å². The third-order valence-corrected chi connectivity index (χ3v) is 3.83. The van der Waals surface area contributed by atoms with E-state index < -0.39 is 0 Å². The van der Waals surface area contributed by atoms with E-state index in [1.54, 1.807) is 6.08 Å². The van der Waals surface area contributed by atoms with Crippen LogP contribution in [0.25, 0.3) is 10.8 Å². The standard InChI is InChI=1S/C11H10.C9H14O/c1-9-5-4-7-10-6-2-3-8-11(9)10;1-7-4-8(10)6-9(2,3)5-7/h2-8H,1H3;4H,5-6H2,1-3H3. The maximum absolute atomic E-state index is 11.0. The van der Waals surface area contributed by atoms with E-state index in [9.17, 15) is 4.79 Å². The monoisotopic (exact) mass is 280 g/mol. The number of aryl methyl sites for hydroxylation is 1. The van der Waals surface area contributed by atoms with Gasteiger partial charge in [0.15, 0.2) is 5.78 Å². The van der Waals surface area contributed by atoms with Crippen LogP contribution in [0.4, 0.5) is 0 Å². The maximum atomic E-state index is 11.0. The predicted octanol–water partition coefficient (Wildman–Crippen LogP) is 5.47. The lowest BCUT2D eigenvalue weighted by Crippen LogP contribution is -2.20. The molecule has 0 heterocycles. The molecule has 1 nitrogen and oxygen atoms in total. The van der Waals surface area contributed by atoms with E-state index in [0.717, 1.165) is 6.42 Å². The molecular formula is C20H24O. The van der Waals surface area contributed by atoms with Crippen LogP contribution in [-0.4, -0.2) is 5.78 Å². The SMILES string of the molecule is CC1=CC(=O)CC(C)(C)C1.Cc1cccc2ccccc12. The van der Waals surface area contributed by atoms with Crippen LogP contribution in [0.2, 0.25) is 0 Å². The Kier molecular flexibility index (Phi) is 4.62. The highest BCUT2D eigenvalue weighted by molar-refractivity contribution is 5.91. The van der Waals surface area contributed by atoms with Crippen LogP contribution in [0.5, 0.6) is 0 Å². The summed E-state index contributed by atoms with van der Waals surface area (Å²) in [5.41, 5.74) is 2.78. The molecule has 0 bridgehead atoms. The number of carbonyl (C=O) groups is 1. The van der Waals surface area contributed by atoms with Crippen molar-refractivity contribution in [1.29, 1.82) is 0 Å². The van der Waals surface area contributed by atoms with Crippen LogP contribution >= 0.6 is 0 Å². The molecule has 110 valence electrons. The zero-order chi connectivity index (χ0) is 15.5. The molecule has 0 saturated carbocycles. The van der Waals surface area contributed by atoms with Crippen molar-refractivity contribution in [2.45, 2.75) is 40.5 Å². The van der Waals surface area contributed by atoms with Gasteiger partial charge in [-0.2, -0.15) is 0 Å². The molecule has 0 fully saturated rings. The molecule has 0 unspecified atom stereocenters. The smallest absolute Gasteiger partial charge is 0.156 e. The van der Waals surface area contributed by atoms with Crippen molar-refractivity contribution in [2.24, 2.45) is 5.41 Å². The fourth-order valence-electron chi connectivity index (χ4n) is 3.05. The number of carbonyl (C=O) groups excluding carboxylic acids is 1. The minimum absolute atomic E-state index is 0.204. The Labute approximate surface area is 127 Å². The van der Waals surface area contributed by atoms with Crippen molar-refractivity contribution < 1.29 is 4.79 Å². The normalized spacial score (nSPS) is 17.0. The van der Waals surface area contributed by atoms with Crippen molar-refractivity contribution in [2.75, 3.05) is 0 Å². The first-order valence-electron chi connectivity index (χ1n) is 7.52. The molecule has 0 N–H and O–H groups in total. The van der Waals surface area contributed by atoms with E-state index in [4.69, 9.17) is 0 Å². The van der Waals surface area contributed by atoms with E-state index in [-0.39, 0.29) is 11.2 Å². The largest absolute Gasteiger partial charge is 0.295 e. The molecule has 1 aliphatic carbocycles. The van der Waals surface area contributed by atoms with Crippen molar-refractivity contribution in [3.63, 3.8) is 0 Å². The highest BCUT2D eigenvalue weighted by Crippen LogP contribution is 2.32. The lowest BCUT2D eigenvalue weighted by Gasteiger charge is -2.27. The van der Waals surface area contributed by atoms with Gasteiger partial charge in [-0.3, -0.25) is 4.79 Å². The number of hydrogen-bond acceptors (Lipinski definition) is 1. The Morgan fingerprint density at radius 3 is 2.19 bits per heavy atom. The molecular weight excluding hydrogens is 256 g/mol. The van der Waals surface area contributed by atoms with Crippen LogP contribution in [0.1, 0.15) is 39.2 Å². The number of allylic oxidation sites excluding steroid dienone is 2. The van der Waals surface area contributed by atoms with E-state index in [0.29, 0.717) is 6.42 Å². The zero-order valence-corrected chi connectivity index (χ0v) is 13.4. The van der Waals surface area contributed by atoms with E-state index in [2.05, 4.69) is 63.2 Å². The first-order chi connectivity index (χ1) is 9.87. The number of ketones is 1. The quantitative estimate of drug-likeness (QED) is 0.625. The Balaban J connectivity index is 0.000000155. The lowest BCUT2D eigenvalue weighted by molar-refractivity contribution is -0.117. The van der Waals surface area contributed by atoms with Gasteiger partial charge in [0.2, 0.25) is 0 Å². The molecule has 2 aromatic carbocycles. The fourth-order valence-corrected chi connectivity index (χ4v) is 3.05. The van der Waals surface area contributed by atoms with Crippen LogP contribution in [0.15, 0.2) is 54.1 Å². The van der Waals surface area contributed by atoms with E-state index in [1.165, 1.54) is 21.9 Å². The van der Waals surface area contributed by atoms with Gasteiger partial charge in [0.05, 0.1) is 0 Å². The molecule has 2 aromatic rings. The maximum Gasteiger partial charge on any atom is 0.156 e. The Morgan fingerprint density at radius 1 is 0.905 bits per heavy atom. The van der Waals surface area contributed by atoms with E-state index in [1.807, 2.05) is 6.92 Å². The summed E-state index contributed by atoms with van der Waals surface area (Å²) < 4.78 is 0. The van der Waals surface area contributed by atoms with Crippen molar-refractivity contribution in [3.05, 3.63) is 59.7 Å². The summed E-state index contributed by atoms with van der Waals surface area (Å²) >= 11 is 0. The minimum Gasteiger partial charge on any atom is -0.295 e. The number of fused-ring (bicyclic) bond motifs is 1. The van der Waals surface area contributed by atoms with Crippen LogP contribution in [0.3, 0.4) is 0 Å². The second-order valence-electron chi connectivity index (χ2n) is 6.77.